The summed E-state index contributed by atoms with van der Waals surface area (Å²) < 4.78 is -3.59. The van der Waals surface area contributed by atoms with Gasteiger partial charge in [-0.25, -0.2) is 9.98 Å². The van der Waals surface area contributed by atoms with E-state index in [1.54, 1.807) is 17.4 Å². The molecule has 3 nitrogen and oxygen atoms in total. The molecule has 21 heavy (non-hydrogen) atoms. The van der Waals surface area contributed by atoms with Crippen molar-refractivity contribution in [2.75, 3.05) is 0 Å². The van der Waals surface area contributed by atoms with Gasteiger partial charge in [-0.15, -0.1) is 11.3 Å². The molecule has 0 aromatic carbocycles. The van der Waals surface area contributed by atoms with Crippen molar-refractivity contribution in [1.29, 1.82) is 0 Å². The van der Waals surface area contributed by atoms with Crippen molar-refractivity contribution < 1.29 is 0 Å². The molecule has 1 aromatic rings. The van der Waals surface area contributed by atoms with Crippen molar-refractivity contribution in [1.82, 2.24) is 5.32 Å². The van der Waals surface area contributed by atoms with Gasteiger partial charge < -0.3 is 5.32 Å². The van der Waals surface area contributed by atoms with Gasteiger partial charge in [-0.2, -0.15) is 0 Å². The maximum atomic E-state index is 5.82. The lowest BCUT2D eigenvalue weighted by Crippen LogP contribution is -2.39. The predicted molar refractivity (Wildman–Crippen MR) is 94.7 cm³/mol. The lowest BCUT2D eigenvalue weighted by atomic mass is 10.3. The zero-order chi connectivity index (χ0) is 15.7. The summed E-state index contributed by atoms with van der Waals surface area (Å²) in [6.45, 7) is 0. The lowest BCUT2D eigenvalue weighted by Gasteiger charge is -2.23. The standard InChI is InChI=1S/C11H7Cl6N3S/c12-10(13,14)8-18-7(4-3-6-2-1-5-21-6)19-9(20-8)11(15,16)17/h1-2,4-5H,3H2,(H,18,19,20). The van der Waals surface area contributed by atoms with Gasteiger partial charge in [-0.1, -0.05) is 75.7 Å². The first-order valence-corrected chi connectivity index (χ1v) is 8.62. The van der Waals surface area contributed by atoms with Gasteiger partial charge in [0.15, 0.2) is 11.7 Å². The number of amidine groups is 2. The molecular formula is C11H7Cl6N3S. The molecule has 0 atom stereocenters. The van der Waals surface area contributed by atoms with Crippen molar-refractivity contribution in [3.63, 3.8) is 0 Å². The summed E-state index contributed by atoms with van der Waals surface area (Å²) in [5.41, 5.74) is 0. The van der Waals surface area contributed by atoms with Crippen LogP contribution in [0, 0.1) is 0 Å². The van der Waals surface area contributed by atoms with E-state index in [9.17, 15) is 0 Å². The highest BCUT2D eigenvalue weighted by atomic mass is 35.6. The SMILES string of the molecule is ClC(Cl)(Cl)C1=N/C(=C/Cc2cccs2)NC(C(Cl)(Cl)Cl)=N1. The van der Waals surface area contributed by atoms with Crippen LogP contribution in [-0.4, -0.2) is 19.3 Å². The Bertz CT molecular complexity index is 594. The second kappa shape index (κ2) is 6.83. The van der Waals surface area contributed by atoms with Crippen LogP contribution in [0.15, 0.2) is 39.4 Å². The molecule has 0 saturated heterocycles. The van der Waals surface area contributed by atoms with E-state index >= 15 is 0 Å². The number of thiophene rings is 1. The highest BCUT2D eigenvalue weighted by Crippen LogP contribution is 2.34. The summed E-state index contributed by atoms with van der Waals surface area (Å²) in [5, 5.41) is 4.79. The Morgan fingerprint density at radius 2 is 1.81 bits per heavy atom. The maximum Gasteiger partial charge on any atom is 0.250 e. The minimum atomic E-state index is -1.81. The van der Waals surface area contributed by atoms with Gasteiger partial charge in [0, 0.05) is 11.3 Å². The Hall–Kier alpha value is 0.320. The van der Waals surface area contributed by atoms with Crippen molar-refractivity contribution >= 4 is 92.6 Å². The van der Waals surface area contributed by atoms with E-state index in [4.69, 9.17) is 69.6 Å². The monoisotopic (exact) mass is 423 g/mol. The summed E-state index contributed by atoms with van der Waals surface area (Å²) in [5.74, 6) is 0.368. The molecule has 0 saturated carbocycles. The van der Waals surface area contributed by atoms with E-state index in [2.05, 4.69) is 15.3 Å². The molecule has 0 bridgehead atoms. The molecule has 2 rings (SSSR count). The minimum Gasteiger partial charge on any atom is -0.325 e. The van der Waals surface area contributed by atoms with Crippen LogP contribution in [0.2, 0.25) is 0 Å². The smallest absolute Gasteiger partial charge is 0.250 e. The van der Waals surface area contributed by atoms with Crippen molar-refractivity contribution in [2.24, 2.45) is 9.98 Å². The van der Waals surface area contributed by atoms with Gasteiger partial charge in [0.05, 0.1) is 0 Å². The summed E-state index contributed by atoms with van der Waals surface area (Å²) in [7, 11) is 0. The molecule has 2 heterocycles. The minimum absolute atomic E-state index is 0.0289. The summed E-state index contributed by atoms with van der Waals surface area (Å²) in [6.07, 6.45) is 2.44. The van der Waals surface area contributed by atoms with Gasteiger partial charge in [-0.3, -0.25) is 0 Å². The molecular weight excluding hydrogens is 419 g/mol. The number of alkyl halides is 6. The van der Waals surface area contributed by atoms with Gasteiger partial charge >= 0.3 is 0 Å². The van der Waals surface area contributed by atoms with Gasteiger partial charge in [0.25, 0.3) is 0 Å². The number of rotatable bonds is 2. The average Bonchev–Trinajstić information content (AvgIpc) is 2.87. The lowest BCUT2D eigenvalue weighted by molar-refractivity contribution is 0.998. The molecule has 114 valence electrons. The van der Waals surface area contributed by atoms with Crippen LogP contribution >= 0.6 is 80.9 Å². The fourth-order valence-corrected chi connectivity index (χ4v) is 2.60. The molecule has 1 aliphatic rings. The Morgan fingerprint density at radius 1 is 1.10 bits per heavy atom. The molecule has 0 spiro atoms. The molecule has 10 heteroatoms. The second-order valence-electron chi connectivity index (χ2n) is 3.89. The third-order valence-electron chi connectivity index (χ3n) is 2.29. The van der Waals surface area contributed by atoms with Crippen molar-refractivity contribution in [3.05, 3.63) is 34.3 Å². The Balaban J connectivity index is 2.29. The van der Waals surface area contributed by atoms with E-state index in [0.29, 0.717) is 12.2 Å². The number of hydrogen-bond acceptors (Lipinski definition) is 4. The van der Waals surface area contributed by atoms with Gasteiger partial charge in [0.1, 0.15) is 5.82 Å². The van der Waals surface area contributed by atoms with Crippen LogP contribution in [0.25, 0.3) is 0 Å². The zero-order valence-corrected chi connectivity index (χ0v) is 15.4. The van der Waals surface area contributed by atoms with Gasteiger partial charge in [0.2, 0.25) is 7.59 Å². The first-order valence-electron chi connectivity index (χ1n) is 5.47. The van der Waals surface area contributed by atoms with Gasteiger partial charge in [-0.05, 0) is 17.5 Å². The highest BCUT2D eigenvalue weighted by Gasteiger charge is 2.36. The number of aliphatic imine (C=N–C) groups is 2. The van der Waals surface area contributed by atoms with Crippen LogP contribution < -0.4 is 5.32 Å². The fourth-order valence-electron chi connectivity index (χ4n) is 1.41. The number of allylic oxidation sites excluding steroid dienone is 1. The zero-order valence-electron chi connectivity index (χ0n) is 10.1. The molecule has 0 fully saturated rings. The van der Waals surface area contributed by atoms with Crippen LogP contribution in [0.4, 0.5) is 0 Å². The Morgan fingerprint density at radius 3 is 2.33 bits per heavy atom. The first kappa shape index (κ1) is 17.7. The predicted octanol–water partition coefficient (Wildman–Crippen LogP) is 5.27. The molecule has 0 radical (unpaired) electrons. The van der Waals surface area contributed by atoms with Crippen LogP contribution in [0.5, 0.6) is 0 Å². The molecule has 1 aliphatic heterocycles. The average molecular weight is 426 g/mol. The topological polar surface area (TPSA) is 36.8 Å². The normalized spacial score (nSPS) is 18.3. The number of nitrogens with zero attached hydrogens (tertiary/aromatic N) is 2. The van der Waals surface area contributed by atoms with Crippen molar-refractivity contribution in [2.45, 2.75) is 14.0 Å². The highest BCUT2D eigenvalue weighted by molar-refractivity contribution is 7.09. The maximum absolute atomic E-state index is 5.82. The van der Waals surface area contributed by atoms with Crippen LogP contribution in [0.1, 0.15) is 4.88 Å². The number of nitrogens with one attached hydrogen (secondary N) is 1. The Kier molecular flexibility index (Phi) is 5.75. The summed E-state index contributed by atoms with van der Waals surface area (Å²) in [4.78, 5) is 9.22. The van der Waals surface area contributed by atoms with E-state index in [1.807, 2.05) is 17.5 Å². The molecule has 1 N–H and O–H groups in total. The van der Waals surface area contributed by atoms with Crippen molar-refractivity contribution in [3.8, 4) is 0 Å². The second-order valence-corrected chi connectivity index (χ2v) is 9.48. The third kappa shape index (κ3) is 5.17. The molecule has 0 aliphatic carbocycles. The molecule has 0 unspecified atom stereocenters. The quantitative estimate of drug-likeness (QED) is 0.643. The number of halogens is 6. The summed E-state index contributed by atoms with van der Waals surface area (Å²) >= 11 is 36.5. The summed E-state index contributed by atoms with van der Waals surface area (Å²) in [6, 6.07) is 3.95. The van der Waals surface area contributed by atoms with E-state index in [-0.39, 0.29) is 11.7 Å². The van der Waals surface area contributed by atoms with Crippen LogP contribution in [-0.2, 0) is 6.42 Å². The fraction of sp³-hybridized carbons (Fsp3) is 0.273. The van der Waals surface area contributed by atoms with E-state index < -0.39 is 7.59 Å². The first-order chi connectivity index (χ1) is 9.66. The Labute approximate surface area is 155 Å². The van der Waals surface area contributed by atoms with E-state index in [1.165, 1.54) is 0 Å². The molecule has 0 amide bonds. The largest absolute Gasteiger partial charge is 0.325 e. The molecule has 1 aromatic heterocycles. The van der Waals surface area contributed by atoms with E-state index in [0.717, 1.165) is 4.88 Å². The third-order valence-corrected chi connectivity index (χ3v) is 4.23. The van der Waals surface area contributed by atoms with Crippen LogP contribution in [0.3, 0.4) is 0 Å². The number of hydrogen-bond donors (Lipinski definition) is 1.